The lowest BCUT2D eigenvalue weighted by molar-refractivity contribution is -0.384. The van der Waals surface area contributed by atoms with Crippen molar-refractivity contribution in [3.63, 3.8) is 0 Å². The second kappa shape index (κ2) is 7.16. The predicted octanol–water partition coefficient (Wildman–Crippen LogP) is 3.12. The van der Waals surface area contributed by atoms with Crippen LogP contribution in [0, 0.1) is 16.0 Å². The number of hydrogen-bond acceptors (Lipinski definition) is 6. The number of ether oxygens (including phenoxy) is 1. The Labute approximate surface area is 164 Å². The number of carbonyl (C=O) groups excluding carboxylic acids is 2. The third-order valence-corrected chi connectivity index (χ3v) is 5.40. The monoisotopic (exact) mass is 389 g/mol. The molecule has 2 fully saturated rings. The fraction of sp³-hybridized carbons (Fsp3) is 0.600. The van der Waals surface area contributed by atoms with Gasteiger partial charge < -0.3 is 15.4 Å². The van der Waals surface area contributed by atoms with Crippen molar-refractivity contribution < 1.29 is 19.2 Å². The van der Waals surface area contributed by atoms with Crippen LogP contribution >= 0.6 is 0 Å². The topological polar surface area (TPSA) is 120 Å². The Morgan fingerprint density at radius 3 is 2.54 bits per heavy atom. The lowest BCUT2D eigenvalue weighted by Crippen LogP contribution is -2.42. The van der Waals surface area contributed by atoms with E-state index < -0.39 is 10.5 Å². The predicted molar refractivity (Wildman–Crippen MR) is 104 cm³/mol. The number of nitrogens with one attached hydrogen (secondary N) is 2. The average molecular weight is 389 g/mol. The number of esters is 1. The zero-order valence-electron chi connectivity index (χ0n) is 16.7. The van der Waals surface area contributed by atoms with Gasteiger partial charge in [-0.3, -0.25) is 19.7 Å². The van der Waals surface area contributed by atoms with Gasteiger partial charge in [-0.05, 0) is 57.6 Å². The lowest BCUT2D eigenvalue weighted by atomic mass is 9.71. The van der Waals surface area contributed by atoms with Gasteiger partial charge in [-0.15, -0.1) is 0 Å². The van der Waals surface area contributed by atoms with Crippen LogP contribution in [-0.2, 0) is 14.3 Å². The molecule has 1 heterocycles. The second-order valence-electron chi connectivity index (χ2n) is 8.79. The summed E-state index contributed by atoms with van der Waals surface area (Å²) in [5.74, 6) is -0.617. The second-order valence-corrected chi connectivity index (χ2v) is 8.79. The van der Waals surface area contributed by atoms with E-state index in [1.807, 2.05) is 26.8 Å². The zero-order valence-corrected chi connectivity index (χ0v) is 16.7. The van der Waals surface area contributed by atoms with Crippen molar-refractivity contribution in [2.24, 2.45) is 5.92 Å². The minimum absolute atomic E-state index is 0.110. The fourth-order valence-corrected chi connectivity index (χ4v) is 4.08. The van der Waals surface area contributed by atoms with Crippen LogP contribution in [0.25, 0.3) is 0 Å². The Kier molecular flexibility index (Phi) is 5.18. The third-order valence-electron chi connectivity index (χ3n) is 5.40. The van der Waals surface area contributed by atoms with Crippen LogP contribution in [0.2, 0.25) is 0 Å². The van der Waals surface area contributed by atoms with Gasteiger partial charge in [-0.25, -0.2) is 0 Å². The molecule has 8 heteroatoms. The van der Waals surface area contributed by atoms with E-state index in [1.54, 1.807) is 12.1 Å². The highest BCUT2D eigenvalue weighted by atomic mass is 16.6. The molecule has 0 bridgehead atoms. The summed E-state index contributed by atoms with van der Waals surface area (Å²) in [6.45, 7) is 7.65. The Hall–Kier alpha value is -2.48. The van der Waals surface area contributed by atoms with E-state index >= 15 is 0 Å². The van der Waals surface area contributed by atoms with E-state index in [0.29, 0.717) is 6.42 Å². The average Bonchev–Trinajstić information content (AvgIpc) is 3.32. The maximum Gasteiger partial charge on any atom is 0.311 e. The number of hydrogen-bond donors (Lipinski definition) is 2. The number of benzene rings is 1. The number of nitro benzene ring substituents is 1. The molecule has 3 atom stereocenters. The molecular formula is C20H27N3O5. The van der Waals surface area contributed by atoms with Gasteiger partial charge in [0.05, 0.1) is 10.8 Å². The Bertz CT molecular complexity index is 811. The van der Waals surface area contributed by atoms with E-state index in [0.717, 1.165) is 24.9 Å². The number of nitro groups is 1. The number of amides is 1. The molecule has 1 saturated heterocycles. The molecule has 1 spiro atoms. The standard InChI is InChI=1S/C20H27N3O5/c1-12(24)22-16-8-6-13(9-17(16)23(26)27)14-5-7-15(20(10-14)11-21-20)18(25)28-19(2,3)4/h6,8-9,14-15,21H,5,7,10-11H2,1-4H3,(H,22,24). The summed E-state index contributed by atoms with van der Waals surface area (Å²) >= 11 is 0. The maximum atomic E-state index is 12.6. The molecular weight excluding hydrogens is 362 g/mol. The number of carbonyl (C=O) groups is 2. The molecule has 1 aliphatic heterocycles. The molecule has 1 aliphatic carbocycles. The van der Waals surface area contributed by atoms with Gasteiger partial charge in [-0.1, -0.05) is 6.07 Å². The zero-order chi connectivity index (χ0) is 20.7. The van der Waals surface area contributed by atoms with Crippen LogP contribution in [0.1, 0.15) is 58.4 Å². The largest absolute Gasteiger partial charge is 0.460 e. The van der Waals surface area contributed by atoms with Crippen LogP contribution in [0.3, 0.4) is 0 Å². The summed E-state index contributed by atoms with van der Waals surface area (Å²) in [6.07, 6.45) is 2.16. The van der Waals surface area contributed by atoms with Gasteiger partial charge in [0, 0.05) is 25.1 Å². The van der Waals surface area contributed by atoms with Crippen molar-refractivity contribution in [2.75, 3.05) is 11.9 Å². The SMILES string of the molecule is CC(=O)Nc1ccc(C2CCC(C(=O)OC(C)(C)C)C3(CN3)C2)cc1[N+](=O)[O-]. The molecule has 0 aromatic heterocycles. The number of anilines is 1. The van der Waals surface area contributed by atoms with Crippen LogP contribution in [0.15, 0.2) is 18.2 Å². The van der Waals surface area contributed by atoms with Crippen molar-refractivity contribution in [3.05, 3.63) is 33.9 Å². The summed E-state index contributed by atoms with van der Waals surface area (Å²) < 4.78 is 5.59. The van der Waals surface area contributed by atoms with E-state index in [4.69, 9.17) is 4.74 Å². The summed E-state index contributed by atoms with van der Waals surface area (Å²) in [6, 6.07) is 4.95. The Balaban J connectivity index is 1.78. The number of nitrogens with zero attached hydrogens (tertiary/aromatic N) is 1. The van der Waals surface area contributed by atoms with E-state index in [-0.39, 0.29) is 40.6 Å². The summed E-state index contributed by atoms with van der Waals surface area (Å²) in [7, 11) is 0. The van der Waals surface area contributed by atoms with Crippen molar-refractivity contribution in [2.45, 2.75) is 64.0 Å². The first-order valence-electron chi connectivity index (χ1n) is 9.54. The fourth-order valence-electron chi connectivity index (χ4n) is 4.08. The van der Waals surface area contributed by atoms with E-state index in [9.17, 15) is 19.7 Å². The molecule has 0 radical (unpaired) electrons. The van der Waals surface area contributed by atoms with E-state index in [2.05, 4.69) is 10.6 Å². The maximum absolute atomic E-state index is 12.6. The van der Waals surface area contributed by atoms with Crippen LogP contribution in [0.4, 0.5) is 11.4 Å². The highest BCUT2D eigenvalue weighted by molar-refractivity contribution is 5.91. The summed E-state index contributed by atoms with van der Waals surface area (Å²) in [5, 5.41) is 17.3. The van der Waals surface area contributed by atoms with Gasteiger partial charge >= 0.3 is 5.97 Å². The molecule has 1 aromatic carbocycles. The summed E-state index contributed by atoms with van der Waals surface area (Å²) in [5.41, 5.74) is 0.139. The van der Waals surface area contributed by atoms with Crippen LogP contribution in [-0.4, -0.2) is 34.5 Å². The molecule has 3 rings (SSSR count). The molecule has 1 aromatic rings. The Morgan fingerprint density at radius 1 is 1.32 bits per heavy atom. The molecule has 2 aliphatic rings. The molecule has 3 unspecified atom stereocenters. The molecule has 1 saturated carbocycles. The first kappa shape index (κ1) is 20.3. The van der Waals surface area contributed by atoms with Gasteiger partial charge in [0.15, 0.2) is 0 Å². The number of rotatable bonds is 4. The Morgan fingerprint density at radius 2 is 2.00 bits per heavy atom. The van der Waals surface area contributed by atoms with Gasteiger partial charge in [0.2, 0.25) is 5.91 Å². The third kappa shape index (κ3) is 4.32. The smallest absolute Gasteiger partial charge is 0.311 e. The van der Waals surface area contributed by atoms with Gasteiger partial charge in [0.25, 0.3) is 5.69 Å². The lowest BCUT2D eigenvalue weighted by Gasteiger charge is -2.36. The van der Waals surface area contributed by atoms with E-state index in [1.165, 1.54) is 6.92 Å². The molecule has 8 nitrogen and oxygen atoms in total. The highest BCUT2D eigenvalue weighted by Gasteiger charge is 2.56. The molecule has 2 N–H and O–H groups in total. The molecule has 152 valence electrons. The van der Waals surface area contributed by atoms with Crippen LogP contribution in [0.5, 0.6) is 0 Å². The minimum atomic E-state index is -0.524. The van der Waals surface area contributed by atoms with Gasteiger partial charge in [-0.2, -0.15) is 0 Å². The van der Waals surface area contributed by atoms with Gasteiger partial charge in [0.1, 0.15) is 11.3 Å². The summed E-state index contributed by atoms with van der Waals surface area (Å²) in [4.78, 5) is 34.8. The molecule has 1 amide bonds. The van der Waals surface area contributed by atoms with Crippen molar-refractivity contribution in [1.29, 1.82) is 0 Å². The first-order chi connectivity index (χ1) is 13.0. The first-order valence-corrected chi connectivity index (χ1v) is 9.54. The van der Waals surface area contributed by atoms with Crippen molar-refractivity contribution >= 4 is 23.3 Å². The molecule has 28 heavy (non-hydrogen) atoms. The minimum Gasteiger partial charge on any atom is -0.460 e. The highest BCUT2D eigenvalue weighted by Crippen LogP contribution is 2.48. The normalized spacial score (nSPS) is 26.6. The van der Waals surface area contributed by atoms with Crippen molar-refractivity contribution in [1.82, 2.24) is 5.32 Å². The van der Waals surface area contributed by atoms with Crippen LogP contribution < -0.4 is 10.6 Å². The quantitative estimate of drug-likeness (QED) is 0.353. The van der Waals surface area contributed by atoms with Crippen molar-refractivity contribution in [3.8, 4) is 0 Å².